The lowest BCUT2D eigenvalue weighted by atomic mass is 9.84. The Kier molecular flexibility index (Phi) is 6.87. The van der Waals surface area contributed by atoms with Gasteiger partial charge >= 0.3 is 0 Å². The second-order valence-corrected chi connectivity index (χ2v) is 7.30. The van der Waals surface area contributed by atoms with E-state index in [9.17, 15) is 5.11 Å². The average Bonchev–Trinajstić information content (AvgIpc) is 3.16. The smallest absolute Gasteiger partial charge is 0.160 e. The highest BCUT2D eigenvalue weighted by atomic mass is 16.5. The molecule has 6 nitrogen and oxygen atoms in total. The Morgan fingerprint density at radius 1 is 0.897 bits per heavy atom. The Bertz CT molecular complexity index is 809. The van der Waals surface area contributed by atoms with Crippen molar-refractivity contribution < 1.29 is 28.8 Å². The number of hydrogen-bond donors (Lipinski definition) is 1. The first-order valence-electron chi connectivity index (χ1n) is 9.72. The maximum absolute atomic E-state index is 10.1. The average molecular weight is 402 g/mol. The number of rotatable bonds is 8. The highest BCUT2D eigenvalue weighted by Crippen LogP contribution is 2.43. The van der Waals surface area contributed by atoms with E-state index in [-0.39, 0.29) is 24.5 Å². The van der Waals surface area contributed by atoms with Crippen LogP contribution in [0.25, 0.3) is 0 Å². The number of methoxy groups -OCH3 is 4. The van der Waals surface area contributed by atoms with Crippen LogP contribution in [0.2, 0.25) is 0 Å². The lowest BCUT2D eigenvalue weighted by Gasteiger charge is -2.23. The van der Waals surface area contributed by atoms with Crippen LogP contribution >= 0.6 is 0 Å². The third-order valence-electron chi connectivity index (χ3n) is 5.74. The molecule has 0 radical (unpaired) electrons. The molecule has 0 bridgehead atoms. The van der Waals surface area contributed by atoms with Gasteiger partial charge in [0.05, 0.1) is 41.2 Å². The quantitative estimate of drug-likeness (QED) is 0.728. The number of ether oxygens (including phenoxy) is 5. The van der Waals surface area contributed by atoms with Gasteiger partial charge in [0.25, 0.3) is 0 Å². The number of aliphatic hydroxyl groups excluding tert-OH is 1. The van der Waals surface area contributed by atoms with E-state index in [1.54, 1.807) is 28.4 Å². The maximum Gasteiger partial charge on any atom is 0.160 e. The van der Waals surface area contributed by atoms with Crippen LogP contribution in [0.15, 0.2) is 30.3 Å². The van der Waals surface area contributed by atoms with Crippen molar-refractivity contribution in [2.75, 3.05) is 41.7 Å². The Morgan fingerprint density at radius 2 is 1.52 bits per heavy atom. The van der Waals surface area contributed by atoms with Gasteiger partial charge in [-0.2, -0.15) is 0 Å². The fraction of sp³-hybridized carbons (Fsp3) is 0.478. The molecule has 2 aromatic carbocycles. The van der Waals surface area contributed by atoms with Gasteiger partial charge < -0.3 is 28.8 Å². The van der Waals surface area contributed by atoms with E-state index >= 15 is 0 Å². The first kappa shape index (κ1) is 21.3. The highest BCUT2D eigenvalue weighted by molar-refractivity contribution is 5.48. The predicted molar refractivity (Wildman–Crippen MR) is 110 cm³/mol. The van der Waals surface area contributed by atoms with Crippen molar-refractivity contribution >= 4 is 0 Å². The van der Waals surface area contributed by atoms with Crippen molar-refractivity contribution in [1.82, 2.24) is 0 Å². The third kappa shape index (κ3) is 4.28. The molecule has 1 N–H and O–H groups in total. The lowest BCUT2D eigenvalue weighted by molar-refractivity contribution is 0.0715. The number of hydrogen-bond acceptors (Lipinski definition) is 6. The molecular formula is C23H30O6. The molecule has 0 aromatic heterocycles. The van der Waals surface area contributed by atoms with Crippen LogP contribution in [0, 0.1) is 18.8 Å². The molecule has 1 saturated heterocycles. The first-order valence-corrected chi connectivity index (χ1v) is 9.72. The van der Waals surface area contributed by atoms with E-state index in [4.69, 9.17) is 23.7 Å². The number of benzene rings is 2. The van der Waals surface area contributed by atoms with Crippen molar-refractivity contribution in [2.45, 2.75) is 19.4 Å². The SMILES string of the molecule is COc1ccc(C[C@H]2COC(c3cc(OC)c(C)c(OC)c3)[C@H]2CO)cc1OC. The molecule has 0 amide bonds. The molecule has 1 aliphatic rings. The molecule has 6 heteroatoms. The van der Waals surface area contributed by atoms with Gasteiger partial charge in [-0.05, 0) is 54.7 Å². The highest BCUT2D eigenvalue weighted by Gasteiger charge is 2.38. The first-order chi connectivity index (χ1) is 14.1. The van der Waals surface area contributed by atoms with Crippen LogP contribution < -0.4 is 18.9 Å². The molecule has 0 aliphatic carbocycles. The lowest BCUT2D eigenvalue weighted by Crippen LogP contribution is -2.21. The summed E-state index contributed by atoms with van der Waals surface area (Å²) in [4.78, 5) is 0. The molecule has 158 valence electrons. The van der Waals surface area contributed by atoms with Gasteiger partial charge in [-0.1, -0.05) is 6.07 Å². The van der Waals surface area contributed by atoms with E-state index in [2.05, 4.69) is 0 Å². The van der Waals surface area contributed by atoms with Crippen LogP contribution in [0.4, 0.5) is 0 Å². The zero-order valence-electron chi connectivity index (χ0n) is 17.7. The summed E-state index contributed by atoms with van der Waals surface area (Å²) in [6.45, 7) is 2.57. The van der Waals surface area contributed by atoms with Crippen molar-refractivity contribution in [2.24, 2.45) is 11.8 Å². The molecule has 2 aromatic rings. The van der Waals surface area contributed by atoms with E-state index in [1.807, 2.05) is 37.3 Å². The molecule has 29 heavy (non-hydrogen) atoms. The second-order valence-electron chi connectivity index (χ2n) is 7.30. The van der Waals surface area contributed by atoms with Crippen LogP contribution in [0.1, 0.15) is 22.8 Å². The van der Waals surface area contributed by atoms with Crippen LogP contribution in [0.3, 0.4) is 0 Å². The summed E-state index contributed by atoms with van der Waals surface area (Å²) >= 11 is 0. The molecule has 1 aliphatic heterocycles. The van der Waals surface area contributed by atoms with Gasteiger partial charge in [0.15, 0.2) is 11.5 Å². The van der Waals surface area contributed by atoms with Gasteiger partial charge in [-0.15, -0.1) is 0 Å². The van der Waals surface area contributed by atoms with Gasteiger partial charge in [0, 0.05) is 18.1 Å². The summed E-state index contributed by atoms with van der Waals surface area (Å²) in [6, 6.07) is 9.87. The minimum absolute atomic E-state index is 0.0276. The largest absolute Gasteiger partial charge is 0.496 e. The maximum atomic E-state index is 10.1. The predicted octanol–water partition coefficient (Wildman–Crippen LogP) is 3.57. The van der Waals surface area contributed by atoms with Gasteiger partial charge in [-0.25, -0.2) is 0 Å². The Morgan fingerprint density at radius 3 is 2.07 bits per heavy atom. The van der Waals surface area contributed by atoms with E-state index in [1.165, 1.54) is 0 Å². The van der Waals surface area contributed by atoms with Crippen LogP contribution in [-0.4, -0.2) is 46.8 Å². The number of aliphatic hydroxyl groups is 1. The molecule has 0 spiro atoms. The molecule has 3 rings (SSSR count). The molecule has 3 atom stereocenters. The Balaban J connectivity index is 1.84. The van der Waals surface area contributed by atoms with Gasteiger partial charge in [0.2, 0.25) is 0 Å². The van der Waals surface area contributed by atoms with Gasteiger partial charge in [0.1, 0.15) is 11.5 Å². The summed E-state index contributed by atoms with van der Waals surface area (Å²) < 4.78 is 27.9. The van der Waals surface area contributed by atoms with E-state index in [0.29, 0.717) is 18.1 Å². The van der Waals surface area contributed by atoms with Crippen LogP contribution in [0.5, 0.6) is 23.0 Å². The zero-order valence-corrected chi connectivity index (χ0v) is 17.7. The van der Waals surface area contributed by atoms with Crippen LogP contribution in [-0.2, 0) is 11.2 Å². The fourth-order valence-electron chi connectivity index (χ4n) is 4.10. The summed E-state index contributed by atoms with van der Waals surface area (Å²) in [5, 5.41) is 10.1. The van der Waals surface area contributed by atoms with E-state index < -0.39 is 0 Å². The van der Waals surface area contributed by atoms with Crippen molar-refractivity contribution in [3.8, 4) is 23.0 Å². The minimum Gasteiger partial charge on any atom is -0.496 e. The monoisotopic (exact) mass is 402 g/mol. The third-order valence-corrected chi connectivity index (χ3v) is 5.74. The standard InChI is InChI=1S/C23H30O6/c1-14-20(26-3)10-16(11-21(14)27-4)23-18(12-24)17(13-29-23)8-15-6-7-19(25-2)22(9-15)28-5/h6-7,9-11,17-18,23-24H,8,12-13H2,1-5H3/t17-,18-,23?/m0/s1. The normalized spacial score (nSPS) is 21.1. The topological polar surface area (TPSA) is 66.4 Å². The van der Waals surface area contributed by atoms with Crippen molar-refractivity contribution in [3.63, 3.8) is 0 Å². The molecule has 1 heterocycles. The second kappa shape index (κ2) is 9.37. The molecule has 1 fully saturated rings. The van der Waals surface area contributed by atoms with Gasteiger partial charge in [-0.3, -0.25) is 0 Å². The van der Waals surface area contributed by atoms with E-state index in [0.717, 1.165) is 34.6 Å². The fourth-order valence-corrected chi connectivity index (χ4v) is 4.10. The summed E-state index contributed by atoms with van der Waals surface area (Å²) in [5.41, 5.74) is 3.02. The molecule has 0 saturated carbocycles. The zero-order chi connectivity index (χ0) is 21.0. The Labute approximate surface area is 172 Å². The minimum atomic E-state index is -0.214. The molecular weight excluding hydrogens is 372 g/mol. The van der Waals surface area contributed by atoms with Crippen molar-refractivity contribution in [3.05, 3.63) is 47.0 Å². The van der Waals surface area contributed by atoms with Crippen molar-refractivity contribution in [1.29, 1.82) is 0 Å². The Hall–Kier alpha value is -2.44. The summed E-state index contributed by atoms with van der Waals surface area (Å²) in [6.07, 6.45) is 0.566. The summed E-state index contributed by atoms with van der Waals surface area (Å²) in [7, 11) is 6.54. The molecule has 1 unspecified atom stereocenters. The summed E-state index contributed by atoms with van der Waals surface area (Å²) in [5.74, 6) is 3.07.